The molecule has 5 nitrogen and oxygen atoms in total. The lowest BCUT2D eigenvalue weighted by Crippen LogP contribution is -2.36. The Hall–Kier alpha value is -1.57. The van der Waals surface area contributed by atoms with E-state index in [1.54, 1.807) is 20.3 Å². The fourth-order valence-electron chi connectivity index (χ4n) is 3.05. The smallest absolute Gasteiger partial charge is 0.243 e. The first kappa shape index (κ1) is 18.2. The molecule has 0 N–H and O–H groups in total. The summed E-state index contributed by atoms with van der Waals surface area (Å²) in [6.07, 6.45) is 0.641. The van der Waals surface area contributed by atoms with E-state index < -0.39 is 10.0 Å². The second-order valence-electron chi connectivity index (χ2n) is 5.97. The van der Waals surface area contributed by atoms with Gasteiger partial charge in [0.15, 0.2) is 11.5 Å². The quantitative estimate of drug-likeness (QED) is 0.751. The van der Waals surface area contributed by atoms with Crippen LogP contribution in [0.1, 0.15) is 16.7 Å². The summed E-state index contributed by atoms with van der Waals surface area (Å²) in [6, 6.07) is 9.11. The van der Waals surface area contributed by atoms with Crippen LogP contribution < -0.4 is 9.47 Å². The number of nitrogens with zero attached hydrogens (tertiary/aromatic N) is 1. The molecule has 25 heavy (non-hydrogen) atoms. The van der Waals surface area contributed by atoms with Crippen molar-refractivity contribution < 1.29 is 17.9 Å². The maximum atomic E-state index is 13.1. The first-order valence-corrected chi connectivity index (χ1v) is 10.1. The number of fused-ring (bicyclic) bond motifs is 1. The van der Waals surface area contributed by atoms with E-state index in [0.29, 0.717) is 35.9 Å². The van der Waals surface area contributed by atoms with Crippen LogP contribution in [0.5, 0.6) is 11.5 Å². The number of hydrogen-bond donors (Lipinski definition) is 0. The zero-order valence-corrected chi connectivity index (χ0v) is 16.8. The van der Waals surface area contributed by atoms with E-state index in [1.807, 2.05) is 31.2 Å². The predicted octanol–water partition coefficient (Wildman–Crippen LogP) is 3.52. The summed E-state index contributed by atoms with van der Waals surface area (Å²) in [6.45, 7) is 2.58. The number of benzene rings is 2. The Balaban J connectivity index is 1.98. The molecular weight excluding hydrogens is 406 g/mol. The van der Waals surface area contributed by atoms with Gasteiger partial charge in [-0.25, -0.2) is 8.42 Å². The Kier molecular flexibility index (Phi) is 5.09. The van der Waals surface area contributed by atoms with Gasteiger partial charge in [0.2, 0.25) is 10.0 Å². The number of methoxy groups -OCH3 is 2. The zero-order chi connectivity index (χ0) is 18.2. The molecule has 2 aromatic rings. The molecule has 3 rings (SSSR count). The Morgan fingerprint density at radius 2 is 1.68 bits per heavy atom. The third-order valence-corrected chi connectivity index (χ3v) is 6.93. The second kappa shape index (κ2) is 6.97. The van der Waals surface area contributed by atoms with E-state index in [2.05, 4.69) is 15.9 Å². The van der Waals surface area contributed by atoms with Gasteiger partial charge in [0.1, 0.15) is 0 Å². The standard InChI is InChI=1S/C18H20BrNO4S/c1-12-4-5-15(19)10-18(12)25(21,22)20-7-6-13-8-16(23-2)17(24-3)9-14(13)11-20/h4-5,8-10H,6-7,11H2,1-3H3. The van der Waals surface area contributed by atoms with Crippen LogP contribution in [-0.4, -0.2) is 33.5 Å². The van der Waals surface area contributed by atoms with E-state index in [0.717, 1.165) is 21.2 Å². The molecule has 134 valence electrons. The molecule has 1 heterocycles. The van der Waals surface area contributed by atoms with Gasteiger partial charge in [-0.15, -0.1) is 0 Å². The van der Waals surface area contributed by atoms with Crippen LogP contribution >= 0.6 is 15.9 Å². The summed E-state index contributed by atoms with van der Waals surface area (Å²) in [5.74, 6) is 1.28. The lowest BCUT2D eigenvalue weighted by atomic mass is 10.0. The normalized spacial score (nSPS) is 14.9. The number of ether oxygens (including phenoxy) is 2. The molecule has 0 aliphatic carbocycles. The predicted molar refractivity (Wildman–Crippen MR) is 99.7 cm³/mol. The van der Waals surface area contributed by atoms with Crippen molar-refractivity contribution in [3.63, 3.8) is 0 Å². The molecule has 0 spiro atoms. The third-order valence-electron chi connectivity index (χ3n) is 4.45. The Morgan fingerprint density at radius 3 is 2.32 bits per heavy atom. The molecule has 0 amide bonds. The van der Waals surface area contributed by atoms with Crippen molar-refractivity contribution in [2.45, 2.75) is 24.8 Å². The highest BCUT2D eigenvalue weighted by Gasteiger charge is 2.30. The van der Waals surface area contributed by atoms with Crippen molar-refractivity contribution in [1.29, 1.82) is 0 Å². The maximum Gasteiger partial charge on any atom is 0.243 e. The van der Waals surface area contributed by atoms with E-state index in [9.17, 15) is 8.42 Å². The van der Waals surface area contributed by atoms with Crippen LogP contribution in [0.15, 0.2) is 39.7 Å². The Labute approximate surface area is 156 Å². The lowest BCUT2D eigenvalue weighted by molar-refractivity contribution is 0.348. The average molecular weight is 426 g/mol. The monoisotopic (exact) mass is 425 g/mol. The van der Waals surface area contributed by atoms with Crippen LogP contribution in [0.3, 0.4) is 0 Å². The van der Waals surface area contributed by atoms with Crippen LogP contribution in [-0.2, 0) is 23.0 Å². The zero-order valence-electron chi connectivity index (χ0n) is 14.4. The van der Waals surface area contributed by atoms with E-state index >= 15 is 0 Å². The first-order valence-electron chi connectivity index (χ1n) is 7.87. The molecule has 7 heteroatoms. The van der Waals surface area contributed by atoms with Crippen LogP contribution in [0, 0.1) is 6.92 Å². The molecule has 0 bridgehead atoms. The first-order chi connectivity index (χ1) is 11.9. The topological polar surface area (TPSA) is 55.8 Å². The van der Waals surface area contributed by atoms with Gasteiger partial charge in [-0.1, -0.05) is 22.0 Å². The summed E-state index contributed by atoms with van der Waals surface area (Å²) in [5.41, 5.74) is 2.77. The van der Waals surface area contributed by atoms with Crippen molar-refractivity contribution >= 4 is 26.0 Å². The molecule has 0 saturated carbocycles. The number of aryl methyl sites for hydroxylation is 1. The van der Waals surface area contributed by atoms with E-state index in [4.69, 9.17) is 9.47 Å². The second-order valence-corrected chi connectivity index (χ2v) is 8.80. The molecular formula is C18H20BrNO4S. The van der Waals surface area contributed by atoms with Gasteiger partial charge in [0, 0.05) is 17.6 Å². The number of rotatable bonds is 4. The largest absolute Gasteiger partial charge is 0.493 e. The van der Waals surface area contributed by atoms with E-state index in [1.165, 1.54) is 4.31 Å². The van der Waals surface area contributed by atoms with Crippen LogP contribution in [0.2, 0.25) is 0 Å². The van der Waals surface area contributed by atoms with Gasteiger partial charge in [-0.2, -0.15) is 4.31 Å². The number of sulfonamides is 1. The molecule has 2 aromatic carbocycles. The van der Waals surface area contributed by atoms with Crippen molar-refractivity contribution in [3.05, 3.63) is 51.5 Å². The molecule has 0 aromatic heterocycles. The number of hydrogen-bond acceptors (Lipinski definition) is 4. The Bertz CT molecular complexity index is 912. The summed E-state index contributed by atoms with van der Waals surface area (Å²) in [5, 5.41) is 0. The summed E-state index contributed by atoms with van der Waals surface area (Å²) < 4.78 is 39.1. The maximum absolute atomic E-state index is 13.1. The van der Waals surface area contributed by atoms with Gasteiger partial charge >= 0.3 is 0 Å². The summed E-state index contributed by atoms with van der Waals surface area (Å²) >= 11 is 3.36. The highest BCUT2D eigenvalue weighted by Crippen LogP contribution is 2.35. The number of halogens is 1. The minimum absolute atomic E-state index is 0.323. The molecule has 0 saturated heterocycles. The fraction of sp³-hybridized carbons (Fsp3) is 0.333. The molecule has 1 aliphatic heterocycles. The highest BCUT2D eigenvalue weighted by molar-refractivity contribution is 9.10. The van der Waals surface area contributed by atoms with Crippen LogP contribution in [0.25, 0.3) is 0 Å². The van der Waals surface area contributed by atoms with Crippen molar-refractivity contribution in [2.75, 3.05) is 20.8 Å². The van der Waals surface area contributed by atoms with Gasteiger partial charge in [0.25, 0.3) is 0 Å². The molecule has 0 atom stereocenters. The van der Waals surface area contributed by atoms with E-state index in [-0.39, 0.29) is 0 Å². The summed E-state index contributed by atoms with van der Waals surface area (Å²) in [7, 11) is -0.389. The van der Waals surface area contributed by atoms with Gasteiger partial charge in [-0.05, 0) is 54.3 Å². The van der Waals surface area contributed by atoms with Crippen LogP contribution in [0.4, 0.5) is 0 Å². The molecule has 0 unspecified atom stereocenters. The minimum atomic E-state index is -3.56. The summed E-state index contributed by atoms with van der Waals surface area (Å²) in [4.78, 5) is 0.339. The van der Waals surface area contributed by atoms with Crippen molar-refractivity contribution in [3.8, 4) is 11.5 Å². The van der Waals surface area contributed by atoms with Gasteiger partial charge in [0.05, 0.1) is 19.1 Å². The third kappa shape index (κ3) is 3.41. The van der Waals surface area contributed by atoms with Crippen molar-refractivity contribution in [1.82, 2.24) is 4.31 Å². The molecule has 1 aliphatic rings. The minimum Gasteiger partial charge on any atom is -0.493 e. The molecule has 0 fully saturated rings. The molecule has 0 radical (unpaired) electrons. The fourth-order valence-corrected chi connectivity index (χ4v) is 5.24. The Morgan fingerprint density at radius 1 is 1.04 bits per heavy atom. The van der Waals surface area contributed by atoms with Crippen molar-refractivity contribution in [2.24, 2.45) is 0 Å². The average Bonchev–Trinajstić information content (AvgIpc) is 2.61. The van der Waals surface area contributed by atoms with Gasteiger partial charge in [-0.3, -0.25) is 0 Å². The lowest BCUT2D eigenvalue weighted by Gasteiger charge is -2.29. The highest BCUT2D eigenvalue weighted by atomic mass is 79.9. The SMILES string of the molecule is COc1cc2c(cc1OC)CN(S(=O)(=O)c1cc(Br)ccc1C)CC2. The van der Waals surface area contributed by atoms with Gasteiger partial charge < -0.3 is 9.47 Å².